The minimum absolute atomic E-state index is 0. The van der Waals surface area contributed by atoms with Crippen molar-refractivity contribution >= 4 is 42.5 Å². The number of halogens is 2. The highest BCUT2D eigenvalue weighted by Gasteiger charge is 2.26. The molecule has 1 saturated heterocycles. The molecule has 4 nitrogen and oxygen atoms in total. The average molecular weight is 324 g/mol. The molecule has 1 amide bonds. The summed E-state index contributed by atoms with van der Waals surface area (Å²) in [6.45, 7) is 3.32. The van der Waals surface area contributed by atoms with Crippen molar-refractivity contribution in [2.45, 2.75) is 19.5 Å². The average Bonchev–Trinajstić information content (AvgIpc) is 2.90. The van der Waals surface area contributed by atoms with Crippen LogP contribution in [0, 0.1) is 0 Å². The normalized spacial score (nSPS) is 17.2. The van der Waals surface area contributed by atoms with Crippen LogP contribution >= 0.6 is 36.6 Å². The zero-order valence-corrected chi connectivity index (χ0v) is 13.2. The first-order valence-corrected chi connectivity index (χ1v) is 6.96. The summed E-state index contributed by atoms with van der Waals surface area (Å²) in [7, 11) is 0. The molecule has 1 N–H and O–H groups in total. The fourth-order valence-corrected chi connectivity index (χ4v) is 2.74. The van der Waals surface area contributed by atoms with Crippen LogP contribution in [0.4, 0.5) is 0 Å². The van der Waals surface area contributed by atoms with Crippen LogP contribution in [-0.2, 0) is 11.3 Å². The Kier molecular flexibility index (Phi) is 9.18. The highest BCUT2D eigenvalue weighted by molar-refractivity contribution is 7.99. The third kappa shape index (κ3) is 5.18. The smallest absolute Gasteiger partial charge is 0.240 e. The molecule has 1 fully saturated rings. The number of pyridine rings is 1. The molecule has 0 aromatic carbocycles. The van der Waals surface area contributed by atoms with E-state index < -0.39 is 0 Å². The zero-order valence-electron chi connectivity index (χ0n) is 10.7. The second kappa shape index (κ2) is 9.42. The second-order valence-corrected chi connectivity index (χ2v) is 4.98. The van der Waals surface area contributed by atoms with Gasteiger partial charge in [-0.2, -0.15) is 0 Å². The van der Waals surface area contributed by atoms with Gasteiger partial charge in [0.15, 0.2) is 0 Å². The minimum Gasteiger partial charge on any atom is -0.336 e. The van der Waals surface area contributed by atoms with Crippen LogP contribution in [-0.4, -0.2) is 40.0 Å². The molecule has 1 atom stereocenters. The van der Waals surface area contributed by atoms with Crippen LogP contribution in [0.25, 0.3) is 0 Å². The fourth-order valence-electron chi connectivity index (χ4n) is 1.81. The van der Waals surface area contributed by atoms with Gasteiger partial charge in [-0.3, -0.25) is 15.1 Å². The van der Waals surface area contributed by atoms with Gasteiger partial charge in [-0.15, -0.1) is 36.6 Å². The van der Waals surface area contributed by atoms with Gasteiger partial charge >= 0.3 is 0 Å². The number of aromatic nitrogens is 1. The Morgan fingerprint density at radius 3 is 2.84 bits per heavy atom. The number of nitrogens with one attached hydrogen (secondary N) is 1. The molecule has 0 bridgehead atoms. The van der Waals surface area contributed by atoms with E-state index in [1.807, 2.05) is 30.0 Å². The lowest BCUT2D eigenvalue weighted by Gasteiger charge is -2.23. The summed E-state index contributed by atoms with van der Waals surface area (Å²) in [5.41, 5.74) is 0.938. The highest BCUT2D eigenvalue weighted by atomic mass is 35.5. The number of carbonyl (C=O) groups is 1. The van der Waals surface area contributed by atoms with Gasteiger partial charge in [0.05, 0.1) is 18.3 Å². The van der Waals surface area contributed by atoms with Gasteiger partial charge in [0.2, 0.25) is 5.91 Å². The fraction of sp³-hybridized carbons (Fsp3) is 0.500. The summed E-state index contributed by atoms with van der Waals surface area (Å²) in [5, 5.41) is 3.21. The van der Waals surface area contributed by atoms with E-state index in [0.29, 0.717) is 6.54 Å². The van der Waals surface area contributed by atoms with Crippen molar-refractivity contribution < 1.29 is 4.79 Å². The van der Waals surface area contributed by atoms with E-state index in [0.717, 1.165) is 23.9 Å². The predicted molar refractivity (Wildman–Crippen MR) is 84.1 cm³/mol. The van der Waals surface area contributed by atoms with Crippen LogP contribution < -0.4 is 5.32 Å². The molecule has 1 aromatic heterocycles. The zero-order chi connectivity index (χ0) is 12.1. The summed E-state index contributed by atoms with van der Waals surface area (Å²) in [5.74, 6) is 1.93. The number of nitrogens with zero attached hydrogens (tertiary/aromatic N) is 2. The molecule has 0 spiro atoms. The highest BCUT2D eigenvalue weighted by Crippen LogP contribution is 2.13. The first-order valence-electron chi connectivity index (χ1n) is 5.81. The number of likely N-dealkylation sites (N-methyl/N-ethyl adjacent to an activating group) is 1. The SMILES string of the molecule is CCN(Cc1ccccn1)C(=O)C1CSCN1.Cl.Cl. The van der Waals surface area contributed by atoms with Gasteiger partial charge in [0, 0.05) is 24.4 Å². The second-order valence-electron chi connectivity index (χ2n) is 3.95. The molecule has 2 rings (SSSR count). The van der Waals surface area contributed by atoms with E-state index in [1.54, 1.807) is 18.0 Å². The number of rotatable bonds is 4. The number of amides is 1. The quantitative estimate of drug-likeness (QED) is 0.919. The maximum atomic E-state index is 12.2. The number of carbonyl (C=O) groups excluding carboxylic acids is 1. The Hall–Kier alpha value is -0.490. The first-order chi connectivity index (χ1) is 8.31. The van der Waals surface area contributed by atoms with Crippen LogP contribution in [0.5, 0.6) is 0 Å². The predicted octanol–water partition coefficient (Wildman–Crippen LogP) is 1.94. The van der Waals surface area contributed by atoms with Crippen LogP contribution in [0.1, 0.15) is 12.6 Å². The van der Waals surface area contributed by atoms with Crippen LogP contribution in [0.3, 0.4) is 0 Å². The Morgan fingerprint density at radius 2 is 2.32 bits per heavy atom. The van der Waals surface area contributed by atoms with Gasteiger partial charge in [-0.05, 0) is 19.1 Å². The topological polar surface area (TPSA) is 45.2 Å². The first kappa shape index (κ1) is 18.5. The Bertz CT molecular complexity index is 374. The van der Waals surface area contributed by atoms with E-state index in [2.05, 4.69) is 10.3 Å². The summed E-state index contributed by atoms with van der Waals surface area (Å²) >= 11 is 1.77. The van der Waals surface area contributed by atoms with Gasteiger partial charge < -0.3 is 4.90 Å². The number of hydrogen-bond acceptors (Lipinski definition) is 4. The van der Waals surface area contributed by atoms with Crippen molar-refractivity contribution in [3.63, 3.8) is 0 Å². The molecule has 2 heterocycles. The van der Waals surface area contributed by atoms with Crippen molar-refractivity contribution in [3.05, 3.63) is 30.1 Å². The molecular weight excluding hydrogens is 305 g/mol. The van der Waals surface area contributed by atoms with E-state index in [4.69, 9.17) is 0 Å². The molecule has 0 saturated carbocycles. The molecule has 7 heteroatoms. The van der Waals surface area contributed by atoms with Crippen molar-refractivity contribution in [1.82, 2.24) is 15.2 Å². The number of hydrogen-bond donors (Lipinski definition) is 1. The molecular formula is C12H19Cl2N3OS. The Labute approximate surface area is 130 Å². The summed E-state index contributed by atoms with van der Waals surface area (Å²) in [6, 6.07) is 5.76. The molecule has 1 aliphatic rings. The summed E-state index contributed by atoms with van der Waals surface area (Å²) in [4.78, 5) is 18.3. The van der Waals surface area contributed by atoms with Gasteiger partial charge in [-0.1, -0.05) is 6.07 Å². The summed E-state index contributed by atoms with van der Waals surface area (Å²) < 4.78 is 0. The van der Waals surface area contributed by atoms with Gasteiger partial charge in [0.25, 0.3) is 0 Å². The monoisotopic (exact) mass is 323 g/mol. The lowest BCUT2D eigenvalue weighted by atomic mass is 10.2. The van der Waals surface area contributed by atoms with Crippen LogP contribution in [0.15, 0.2) is 24.4 Å². The van der Waals surface area contributed by atoms with Crippen molar-refractivity contribution in [2.75, 3.05) is 18.2 Å². The molecule has 0 radical (unpaired) electrons. The maximum Gasteiger partial charge on any atom is 0.240 e. The summed E-state index contributed by atoms with van der Waals surface area (Å²) in [6.07, 6.45) is 1.76. The minimum atomic E-state index is -0.0244. The third-order valence-corrected chi connectivity index (χ3v) is 3.73. The van der Waals surface area contributed by atoms with E-state index in [9.17, 15) is 4.79 Å². The van der Waals surface area contributed by atoms with E-state index in [1.165, 1.54) is 0 Å². The van der Waals surface area contributed by atoms with Crippen molar-refractivity contribution in [2.24, 2.45) is 0 Å². The maximum absolute atomic E-state index is 12.2. The molecule has 108 valence electrons. The number of thioether (sulfide) groups is 1. The molecule has 1 unspecified atom stereocenters. The molecule has 0 aliphatic carbocycles. The van der Waals surface area contributed by atoms with Crippen molar-refractivity contribution in [1.29, 1.82) is 0 Å². The lowest BCUT2D eigenvalue weighted by molar-refractivity contribution is -0.133. The van der Waals surface area contributed by atoms with Crippen molar-refractivity contribution in [3.8, 4) is 0 Å². The molecule has 1 aromatic rings. The Balaban J connectivity index is 0.00000162. The van der Waals surface area contributed by atoms with E-state index in [-0.39, 0.29) is 36.8 Å². The van der Waals surface area contributed by atoms with Gasteiger partial charge in [-0.25, -0.2) is 0 Å². The third-order valence-electron chi connectivity index (χ3n) is 2.79. The largest absolute Gasteiger partial charge is 0.336 e. The Morgan fingerprint density at radius 1 is 1.53 bits per heavy atom. The van der Waals surface area contributed by atoms with E-state index >= 15 is 0 Å². The lowest BCUT2D eigenvalue weighted by Crippen LogP contribution is -2.44. The molecule has 19 heavy (non-hydrogen) atoms. The van der Waals surface area contributed by atoms with Crippen LogP contribution in [0.2, 0.25) is 0 Å². The molecule has 1 aliphatic heterocycles. The van der Waals surface area contributed by atoms with Gasteiger partial charge in [0.1, 0.15) is 0 Å². The standard InChI is InChI=1S/C12H17N3OS.2ClH/c1-2-15(7-10-5-3-4-6-13-10)12(16)11-8-17-9-14-11;;/h3-6,11,14H,2,7-9H2,1H3;2*1H.